The van der Waals surface area contributed by atoms with Crippen LogP contribution >= 0.6 is 0 Å². The van der Waals surface area contributed by atoms with E-state index < -0.39 is 5.60 Å². The van der Waals surface area contributed by atoms with E-state index >= 15 is 0 Å². The quantitative estimate of drug-likeness (QED) is 0.760. The van der Waals surface area contributed by atoms with Crippen LogP contribution in [0.1, 0.15) is 26.7 Å². The Morgan fingerprint density at radius 3 is 2.48 bits per heavy atom. The molecule has 0 heterocycles. The van der Waals surface area contributed by atoms with Gasteiger partial charge in [0.1, 0.15) is 18.0 Å². The third-order valence-corrected chi connectivity index (χ3v) is 4.17. The van der Waals surface area contributed by atoms with Gasteiger partial charge in [-0.2, -0.15) is 0 Å². The molecule has 0 saturated heterocycles. The van der Waals surface area contributed by atoms with Crippen LogP contribution in [-0.2, 0) is 9.53 Å². The number of nitrogens with one attached hydrogen (secondary N) is 1. The molecule has 1 aromatic carbocycles. The van der Waals surface area contributed by atoms with Crippen molar-refractivity contribution in [3.63, 3.8) is 0 Å². The molecule has 0 aromatic heterocycles. The van der Waals surface area contributed by atoms with Gasteiger partial charge in [-0.25, -0.2) is 0 Å². The van der Waals surface area contributed by atoms with Gasteiger partial charge in [-0.05, 0) is 71.0 Å². The zero-order valence-corrected chi connectivity index (χ0v) is 14.6. The highest BCUT2D eigenvalue weighted by molar-refractivity contribution is 5.97. The van der Waals surface area contributed by atoms with E-state index in [1.807, 2.05) is 52.2 Å². The number of anilines is 1. The average molecular weight is 320 g/mol. The second-order valence-electron chi connectivity index (χ2n) is 6.44. The number of nitrogens with zero attached hydrogens (tertiary/aromatic N) is 1. The van der Waals surface area contributed by atoms with Crippen LogP contribution in [0.2, 0.25) is 0 Å². The molecule has 128 valence electrons. The molecule has 0 radical (unpaired) electrons. The molecule has 23 heavy (non-hydrogen) atoms. The zero-order valence-electron chi connectivity index (χ0n) is 14.6. The summed E-state index contributed by atoms with van der Waals surface area (Å²) in [4.78, 5) is 14.6. The van der Waals surface area contributed by atoms with Crippen molar-refractivity contribution in [3.05, 3.63) is 24.3 Å². The highest BCUT2D eigenvalue weighted by Crippen LogP contribution is 2.42. The van der Waals surface area contributed by atoms with Gasteiger partial charge in [-0.15, -0.1) is 0 Å². The predicted molar refractivity (Wildman–Crippen MR) is 91.9 cm³/mol. The molecular weight excluding hydrogens is 292 g/mol. The number of benzene rings is 1. The van der Waals surface area contributed by atoms with E-state index in [0.29, 0.717) is 19.1 Å². The van der Waals surface area contributed by atoms with E-state index in [-0.39, 0.29) is 5.91 Å². The van der Waals surface area contributed by atoms with Crippen LogP contribution in [0.25, 0.3) is 0 Å². The maximum atomic E-state index is 12.6. The Bertz CT molecular complexity index is 512. The third-order valence-electron chi connectivity index (χ3n) is 4.17. The topological polar surface area (TPSA) is 50.8 Å². The first-order valence-corrected chi connectivity index (χ1v) is 8.28. The smallest absolute Gasteiger partial charge is 0.256 e. The van der Waals surface area contributed by atoms with Crippen LogP contribution < -0.4 is 10.1 Å². The Labute approximate surface area is 139 Å². The number of ether oxygens (including phenoxy) is 2. The minimum absolute atomic E-state index is 0.0665. The summed E-state index contributed by atoms with van der Waals surface area (Å²) >= 11 is 0. The van der Waals surface area contributed by atoms with E-state index in [1.165, 1.54) is 0 Å². The fourth-order valence-electron chi connectivity index (χ4n) is 2.54. The standard InChI is InChI=1S/C18H28N2O3/c1-5-23-18(2,14-6-7-14)17(21)19-15-8-10-16(11-9-15)22-13-12-20(3)4/h8-11,14H,5-7,12-13H2,1-4H3,(H,19,21)/t18-/m1/s1. The summed E-state index contributed by atoms with van der Waals surface area (Å²) < 4.78 is 11.4. The van der Waals surface area contributed by atoms with E-state index in [0.717, 1.165) is 30.8 Å². The van der Waals surface area contributed by atoms with Crippen molar-refractivity contribution in [1.82, 2.24) is 4.90 Å². The lowest BCUT2D eigenvalue weighted by atomic mass is 9.99. The normalized spacial score (nSPS) is 16.9. The van der Waals surface area contributed by atoms with Crippen LogP contribution in [0.15, 0.2) is 24.3 Å². The fraction of sp³-hybridized carbons (Fsp3) is 0.611. The van der Waals surface area contributed by atoms with E-state index in [9.17, 15) is 4.79 Å². The van der Waals surface area contributed by atoms with Crippen LogP contribution in [0, 0.1) is 5.92 Å². The van der Waals surface area contributed by atoms with E-state index in [2.05, 4.69) is 10.2 Å². The third kappa shape index (κ3) is 4.94. The zero-order chi connectivity index (χ0) is 16.9. The number of hydrogen-bond donors (Lipinski definition) is 1. The van der Waals surface area contributed by atoms with Crippen molar-refractivity contribution in [2.24, 2.45) is 5.92 Å². The molecule has 0 bridgehead atoms. The van der Waals surface area contributed by atoms with Crippen LogP contribution in [0.3, 0.4) is 0 Å². The molecule has 0 unspecified atom stereocenters. The Balaban J connectivity index is 1.90. The highest BCUT2D eigenvalue weighted by atomic mass is 16.5. The highest BCUT2D eigenvalue weighted by Gasteiger charge is 2.48. The Morgan fingerprint density at radius 1 is 1.30 bits per heavy atom. The summed E-state index contributed by atoms with van der Waals surface area (Å²) in [6, 6.07) is 7.48. The molecule has 1 aromatic rings. The molecule has 5 heteroatoms. The second kappa shape index (κ2) is 7.79. The van der Waals surface area contributed by atoms with Gasteiger partial charge in [-0.1, -0.05) is 0 Å². The van der Waals surface area contributed by atoms with Crippen molar-refractivity contribution in [2.75, 3.05) is 39.2 Å². The van der Waals surface area contributed by atoms with Gasteiger partial charge in [0.05, 0.1) is 0 Å². The van der Waals surface area contributed by atoms with Gasteiger partial charge in [0.15, 0.2) is 0 Å². The number of likely N-dealkylation sites (N-methyl/N-ethyl adjacent to an activating group) is 1. The van der Waals surface area contributed by atoms with Crippen molar-refractivity contribution in [3.8, 4) is 5.75 Å². The van der Waals surface area contributed by atoms with Crippen LogP contribution in [0.4, 0.5) is 5.69 Å². The fourth-order valence-corrected chi connectivity index (χ4v) is 2.54. The van der Waals surface area contributed by atoms with Gasteiger partial charge in [-0.3, -0.25) is 4.79 Å². The van der Waals surface area contributed by atoms with Crippen molar-refractivity contribution < 1.29 is 14.3 Å². The maximum absolute atomic E-state index is 12.6. The molecule has 0 aliphatic heterocycles. The molecule has 1 amide bonds. The monoisotopic (exact) mass is 320 g/mol. The maximum Gasteiger partial charge on any atom is 0.256 e. The second-order valence-corrected chi connectivity index (χ2v) is 6.44. The number of amides is 1. The number of carbonyl (C=O) groups is 1. The van der Waals surface area contributed by atoms with Gasteiger partial charge >= 0.3 is 0 Å². The summed E-state index contributed by atoms with van der Waals surface area (Å²) in [6.07, 6.45) is 2.12. The first-order valence-electron chi connectivity index (χ1n) is 8.28. The molecule has 1 saturated carbocycles. The predicted octanol–water partition coefficient (Wildman–Crippen LogP) is 2.77. The number of rotatable bonds is 9. The molecule has 1 atom stereocenters. The molecule has 1 aliphatic rings. The van der Waals surface area contributed by atoms with Crippen molar-refractivity contribution in [2.45, 2.75) is 32.3 Å². The van der Waals surface area contributed by atoms with Crippen LogP contribution in [-0.4, -0.2) is 50.3 Å². The molecular formula is C18H28N2O3. The average Bonchev–Trinajstić information content (AvgIpc) is 3.34. The van der Waals surface area contributed by atoms with Gasteiger partial charge in [0.2, 0.25) is 0 Å². The molecule has 0 spiro atoms. The lowest BCUT2D eigenvalue weighted by Crippen LogP contribution is -2.44. The first-order chi connectivity index (χ1) is 11.0. The van der Waals surface area contributed by atoms with E-state index in [1.54, 1.807) is 0 Å². The summed E-state index contributed by atoms with van der Waals surface area (Å²) in [6.45, 7) is 5.87. The molecule has 1 fully saturated rings. The first kappa shape index (κ1) is 17.8. The SMILES string of the molecule is CCO[C@@](C)(C(=O)Nc1ccc(OCCN(C)C)cc1)C1CC1. The Morgan fingerprint density at radius 2 is 1.96 bits per heavy atom. The van der Waals surface area contributed by atoms with Crippen molar-refractivity contribution >= 4 is 11.6 Å². The van der Waals surface area contributed by atoms with Gasteiger partial charge in [0, 0.05) is 18.8 Å². The van der Waals surface area contributed by atoms with Crippen molar-refractivity contribution in [1.29, 1.82) is 0 Å². The molecule has 5 nitrogen and oxygen atoms in total. The number of carbonyl (C=O) groups excluding carboxylic acids is 1. The van der Waals surface area contributed by atoms with Gasteiger partial charge < -0.3 is 19.7 Å². The lowest BCUT2D eigenvalue weighted by molar-refractivity contribution is -0.141. The molecule has 1 N–H and O–H groups in total. The molecule has 2 rings (SSSR count). The van der Waals surface area contributed by atoms with E-state index in [4.69, 9.17) is 9.47 Å². The van der Waals surface area contributed by atoms with Gasteiger partial charge in [0.25, 0.3) is 5.91 Å². The Kier molecular flexibility index (Phi) is 6.02. The summed E-state index contributed by atoms with van der Waals surface area (Å²) in [5.74, 6) is 1.07. The summed E-state index contributed by atoms with van der Waals surface area (Å²) in [7, 11) is 4.02. The summed E-state index contributed by atoms with van der Waals surface area (Å²) in [5.41, 5.74) is 0.0388. The lowest BCUT2D eigenvalue weighted by Gasteiger charge is -2.28. The largest absolute Gasteiger partial charge is 0.492 e. The summed E-state index contributed by atoms with van der Waals surface area (Å²) in [5, 5.41) is 2.96. The van der Waals surface area contributed by atoms with Crippen LogP contribution in [0.5, 0.6) is 5.75 Å². The minimum atomic E-state index is -0.727. The molecule has 1 aliphatic carbocycles. The number of hydrogen-bond acceptors (Lipinski definition) is 4. The Hall–Kier alpha value is -1.59. The minimum Gasteiger partial charge on any atom is -0.492 e.